The van der Waals surface area contributed by atoms with Crippen molar-refractivity contribution in [3.05, 3.63) is 0 Å². The van der Waals surface area contributed by atoms with Crippen LogP contribution in [-0.2, 0) is 52.5 Å². The molecule has 3 atom stereocenters. The highest BCUT2D eigenvalue weighted by atomic mass is 32.2. The molecule has 0 heterocycles. The Labute approximate surface area is 505 Å². The number of rotatable bonds is 56. The van der Waals surface area contributed by atoms with Crippen molar-refractivity contribution in [2.75, 3.05) is 24.7 Å². The van der Waals surface area contributed by atoms with Crippen molar-refractivity contribution in [1.29, 1.82) is 0 Å². The van der Waals surface area contributed by atoms with Crippen LogP contribution in [0.1, 0.15) is 332 Å². The van der Waals surface area contributed by atoms with E-state index in [1.54, 1.807) is 41.5 Å². The maximum atomic E-state index is 13.9. The van der Waals surface area contributed by atoms with E-state index in [1.807, 2.05) is 0 Å². The molecule has 0 fully saturated rings. The van der Waals surface area contributed by atoms with Gasteiger partial charge in [-0.3, -0.25) is 28.8 Å². The third-order valence-corrected chi connectivity index (χ3v) is 15.6. The van der Waals surface area contributed by atoms with Gasteiger partial charge < -0.3 is 34.9 Å². The smallest absolute Gasteiger partial charge is 0.329 e. The minimum atomic E-state index is -1.19. The average molecular weight is 1180 g/mol. The van der Waals surface area contributed by atoms with Crippen molar-refractivity contribution >= 4 is 53.4 Å². The number of hydrogen-bond acceptors (Lipinski definition) is 12. The highest BCUT2D eigenvalue weighted by Gasteiger charge is 2.30. The quantitative estimate of drug-likeness (QED) is 0.0297. The molecule has 0 aromatic heterocycles. The van der Waals surface area contributed by atoms with Crippen molar-refractivity contribution in [2.24, 2.45) is 0 Å². The molecule has 0 rings (SSSR count). The normalized spacial score (nSPS) is 12.7. The van der Waals surface area contributed by atoms with Gasteiger partial charge in [0.25, 0.3) is 0 Å². The van der Waals surface area contributed by atoms with Crippen LogP contribution in [0.25, 0.3) is 0 Å². The standard InChI is InChI=1S/C67H125N3O11S/c1-10-13-16-19-22-25-28-30-33-36-39-42-45-48-61(73)78-53-56(79-62(74)49-46-43-40-37-34-31-29-26-23-20-17-14-11-2)54-82-55-58(70-59(71)47-44-41-38-35-32-27-24-21-18-15-12-3)64(76)68-52-60(72)69-57(65(77)81-67(7,8)9)50-51-63(75)80-66(4,5)6/h56-58H,10-55H2,1-9H3,(H,68,76)(H,69,72)(H,70,71)/t56-,57+,58+/m1/s1. The van der Waals surface area contributed by atoms with Gasteiger partial charge >= 0.3 is 23.9 Å². The predicted molar refractivity (Wildman–Crippen MR) is 338 cm³/mol. The Morgan fingerprint density at radius 1 is 0.390 bits per heavy atom. The molecule has 480 valence electrons. The Morgan fingerprint density at radius 2 is 0.756 bits per heavy atom. The van der Waals surface area contributed by atoms with Gasteiger partial charge in [-0.05, 0) is 67.2 Å². The Bertz CT molecular complexity index is 1630. The van der Waals surface area contributed by atoms with Crippen molar-refractivity contribution in [3.8, 4) is 0 Å². The first-order chi connectivity index (χ1) is 39.3. The molecular formula is C67H125N3O11S. The summed E-state index contributed by atoms with van der Waals surface area (Å²) in [5, 5.41) is 8.12. The van der Waals surface area contributed by atoms with E-state index >= 15 is 0 Å². The molecule has 15 heteroatoms. The van der Waals surface area contributed by atoms with Crippen LogP contribution in [0.3, 0.4) is 0 Å². The first kappa shape index (κ1) is 78.6. The van der Waals surface area contributed by atoms with E-state index in [4.69, 9.17) is 18.9 Å². The minimum absolute atomic E-state index is 0.0771. The third kappa shape index (κ3) is 53.4. The van der Waals surface area contributed by atoms with Crippen LogP contribution in [-0.4, -0.2) is 95.6 Å². The molecule has 0 aliphatic carbocycles. The number of carbonyl (C=O) groups is 7. The van der Waals surface area contributed by atoms with Crippen LogP contribution in [0.5, 0.6) is 0 Å². The van der Waals surface area contributed by atoms with Gasteiger partial charge in [0.05, 0.1) is 6.54 Å². The Morgan fingerprint density at radius 3 is 1.16 bits per heavy atom. The van der Waals surface area contributed by atoms with E-state index in [0.717, 1.165) is 64.2 Å². The van der Waals surface area contributed by atoms with E-state index in [2.05, 4.69) is 36.7 Å². The first-order valence-corrected chi connectivity index (χ1v) is 34.7. The fraction of sp³-hybridized carbons (Fsp3) is 0.896. The third-order valence-electron chi connectivity index (χ3n) is 14.5. The molecule has 0 bridgehead atoms. The van der Waals surface area contributed by atoms with Gasteiger partial charge in [-0.2, -0.15) is 11.8 Å². The predicted octanol–water partition coefficient (Wildman–Crippen LogP) is 16.4. The monoisotopic (exact) mass is 1180 g/mol. The maximum absolute atomic E-state index is 13.9. The van der Waals surface area contributed by atoms with Gasteiger partial charge in [-0.15, -0.1) is 0 Å². The molecule has 3 N–H and O–H groups in total. The van der Waals surface area contributed by atoms with E-state index in [1.165, 1.54) is 172 Å². The molecule has 0 aliphatic rings. The van der Waals surface area contributed by atoms with E-state index in [9.17, 15) is 33.6 Å². The molecule has 0 saturated carbocycles. The van der Waals surface area contributed by atoms with Crippen LogP contribution in [0.15, 0.2) is 0 Å². The fourth-order valence-electron chi connectivity index (χ4n) is 9.72. The van der Waals surface area contributed by atoms with Crippen molar-refractivity contribution in [2.45, 2.75) is 361 Å². The van der Waals surface area contributed by atoms with Gasteiger partial charge in [-0.1, -0.05) is 239 Å². The molecule has 0 aromatic rings. The Balaban J connectivity index is 5.79. The molecule has 0 unspecified atom stereocenters. The van der Waals surface area contributed by atoms with Crippen LogP contribution in [0.2, 0.25) is 0 Å². The van der Waals surface area contributed by atoms with Gasteiger partial charge in [0.1, 0.15) is 36.0 Å². The highest BCUT2D eigenvalue weighted by molar-refractivity contribution is 7.99. The lowest BCUT2D eigenvalue weighted by Crippen LogP contribution is -2.52. The summed E-state index contributed by atoms with van der Waals surface area (Å²) >= 11 is 1.28. The fourth-order valence-corrected chi connectivity index (χ4v) is 10.8. The summed E-state index contributed by atoms with van der Waals surface area (Å²) in [5.74, 6) is -3.30. The topological polar surface area (TPSA) is 192 Å². The summed E-state index contributed by atoms with van der Waals surface area (Å²) in [6, 6.07) is -2.26. The summed E-state index contributed by atoms with van der Waals surface area (Å²) < 4.78 is 22.6. The highest BCUT2D eigenvalue weighted by Crippen LogP contribution is 2.19. The number of ether oxygens (including phenoxy) is 4. The molecule has 0 radical (unpaired) electrons. The summed E-state index contributed by atoms with van der Waals surface area (Å²) in [4.78, 5) is 92.8. The van der Waals surface area contributed by atoms with Gasteiger partial charge in [-0.25, -0.2) is 4.79 Å². The van der Waals surface area contributed by atoms with E-state index < -0.39 is 59.7 Å². The number of carbonyl (C=O) groups excluding carboxylic acids is 7. The van der Waals surface area contributed by atoms with E-state index in [0.29, 0.717) is 12.8 Å². The zero-order chi connectivity index (χ0) is 61.0. The number of amides is 3. The molecule has 82 heavy (non-hydrogen) atoms. The second kappa shape index (κ2) is 53.1. The van der Waals surface area contributed by atoms with Gasteiger partial charge in [0.2, 0.25) is 17.7 Å². The average Bonchev–Trinajstić information content (AvgIpc) is 3.41. The summed E-state index contributed by atoms with van der Waals surface area (Å²) in [5.41, 5.74) is -1.61. The molecule has 0 saturated heterocycles. The van der Waals surface area contributed by atoms with E-state index in [-0.39, 0.29) is 68.1 Å². The second-order valence-corrected chi connectivity index (χ2v) is 26.3. The van der Waals surface area contributed by atoms with Crippen molar-refractivity contribution in [3.63, 3.8) is 0 Å². The zero-order valence-corrected chi connectivity index (χ0v) is 55.0. The molecule has 0 aliphatic heterocycles. The summed E-state index contributed by atoms with van der Waals surface area (Å²) in [6.45, 7) is 16.4. The van der Waals surface area contributed by atoms with Crippen LogP contribution in [0, 0.1) is 0 Å². The lowest BCUT2D eigenvalue weighted by molar-refractivity contribution is -0.160. The van der Waals surface area contributed by atoms with Crippen molar-refractivity contribution < 1.29 is 52.5 Å². The van der Waals surface area contributed by atoms with Crippen LogP contribution < -0.4 is 16.0 Å². The second-order valence-electron chi connectivity index (χ2n) is 25.2. The Kier molecular flexibility index (Phi) is 51.0. The SMILES string of the molecule is CCCCCCCCCCCCCCCC(=O)OC[C@H](CSC[C@H](NC(=O)CCCCCCCCCCCCC)C(=O)NCC(=O)N[C@@H](CCC(=O)OC(C)(C)C)C(=O)OC(C)(C)C)OC(=O)CCCCCCCCCCCCCCC. The zero-order valence-electron chi connectivity index (χ0n) is 54.2. The number of unbranched alkanes of at least 4 members (excludes halogenated alkanes) is 34. The molecular weight excluding hydrogens is 1050 g/mol. The first-order valence-electron chi connectivity index (χ1n) is 33.5. The molecule has 0 aromatic carbocycles. The minimum Gasteiger partial charge on any atom is -0.462 e. The van der Waals surface area contributed by atoms with Crippen molar-refractivity contribution in [1.82, 2.24) is 16.0 Å². The number of esters is 4. The summed E-state index contributed by atoms with van der Waals surface area (Å²) in [7, 11) is 0. The molecule has 0 spiro atoms. The van der Waals surface area contributed by atoms with Crippen LogP contribution >= 0.6 is 11.8 Å². The van der Waals surface area contributed by atoms with Gasteiger partial charge in [0.15, 0.2) is 0 Å². The molecule has 14 nitrogen and oxygen atoms in total. The Hall–Kier alpha value is -3.36. The number of hydrogen-bond donors (Lipinski definition) is 3. The van der Waals surface area contributed by atoms with Crippen LogP contribution in [0.4, 0.5) is 0 Å². The number of thioether (sulfide) groups is 1. The maximum Gasteiger partial charge on any atom is 0.329 e. The lowest BCUT2D eigenvalue weighted by Gasteiger charge is -2.25. The summed E-state index contributed by atoms with van der Waals surface area (Å²) in [6.07, 6.45) is 43.4. The van der Waals surface area contributed by atoms with Gasteiger partial charge in [0, 0.05) is 37.2 Å². The largest absolute Gasteiger partial charge is 0.462 e. The number of nitrogens with one attached hydrogen (secondary N) is 3. The lowest BCUT2D eigenvalue weighted by atomic mass is 10.0. The molecule has 3 amide bonds.